The molecule has 0 radical (unpaired) electrons. The van der Waals surface area contributed by atoms with E-state index in [0.717, 1.165) is 21.3 Å². The molecule has 0 spiro atoms. The number of halogens is 2. The summed E-state index contributed by atoms with van der Waals surface area (Å²) < 4.78 is 59.7. The number of hydrogen-bond donors (Lipinski definition) is 3. The summed E-state index contributed by atoms with van der Waals surface area (Å²) in [5, 5.41) is 4.78. The number of sulfonamides is 2. The summed E-state index contributed by atoms with van der Waals surface area (Å²) in [7, 11) is -4.70. The van der Waals surface area contributed by atoms with E-state index in [4.69, 9.17) is 32.8 Å². The number of ether oxygens (including phenoxy) is 1. The van der Waals surface area contributed by atoms with Crippen LogP contribution in [0.5, 0.6) is 0 Å². The number of amides is 2. The van der Waals surface area contributed by atoms with Crippen LogP contribution in [0.2, 0.25) is 10.0 Å². The SMILES string of the molecule is CCNC(=O)OCCc1cnc(NS(=O)(=O)c2cccc(Cl)c2C)s1.CON(C)C(=O)Cc1cnc(NS(=O)(=O)c2cccc(Cl)c2C)s1. The van der Waals surface area contributed by atoms with Crippen LogP contribution in [-0.2, 0) is 47.3 Å². The Bertz CT molecular complexity index is 1990. The topological polar surface area (TPSA) is 186 Å². The van der Waals surface area contributed by atoms with E-state index in [9.17, 15) is 26.4 Å². The van der Waals surface area contributed by atoms with Crippen LogP contribution in [0.3, 0.4) is 0 Å². The summed E-state index contributed by atoms with van der Waals surface area (Å²) in [4.78, 5) is 37.4. The minimum absolute atomic E-state index is 0.0694. The molecule has 20 heteroatoms. The summed E-state index contributed by atoms with van der Waals surface area (Å²) in [5.41, 5.74) is 0.934. The normalized spacial score (nSPS) is 11.2. The second-order valence-corrected chi connectivity index (χ2v) is 16.2. The molecule has 4 aromatic rings. The monoisotopic (exact) mass is 792 g/mol. The lowest BCUT2D eigenvalue weighted by molar-refractivity contribution is -0.167. The van der Waals surface area contributed by atoms with Gasteiger partial charge in [-0.1, -0.05) is 35.3 Å². The van der Waals surface area contributed by atoms with E-state index in [0.29, 0.717) is 39.0 Å². The second-order valence-electron chi connectivity index (χ2n) is 9.87. The molecule has 266 valence electrons. The molecule has 0 aliphatic carbocycles. The molecule has 0 bridgehead atoms. The molecule has 0 saturated heterocycles. The number of thiazole rings is 2. The minimum Gasteiger partial charge on any atom is -0.449 e. The highest BCUT2D eigenvalue weighted by Crippen LogP contribution is 2.28. The number of nitrogens with zero attached hydrogens (tertiary/aromatic N) is 3. The van der Waals surface area contributed by atoms with Crippen molar-refractivity contribution in [1.29, 1.82) is 0 Å². The predicted molar refractivity (Wildman–Crippen MR) is 190 cm³/mol. The first-order valence-electron chi connectivity index (χ1n) is 14.2. The molecule has 0 unspecified atom stereocenters. The van der Waals surface area contributed by atoms with Crippen molar-refractivity contribution in [3.05, 3.63) is 79.7 Å². The maximum Gasteiger partial charge on any atom is 0.407 e. The number of hydroxylamine groups is 2. The highest BCUT2D eigenvalue weighted by molar-refractivity contribution is 7.93. The van der Waals surface area contributed by atoms with Crippen molar-refractivity contribution < 1.29 is 36.0 Å². The van der Waals surface area contributed by atoms with Gasteiger partial charge >= 0.3 is 6.09 Å². The van der Waals surface area contributed by atoms with Crippen LogP contribution in [-0.4, -0.2) is 71.2 Å². The Morgan fingerprint density at radius 1 is 0.857 bits per heavy atom. The average Bonchev–Trinajstić information content (AvgIpc) is 3.67. The van der Waals surface area contributed by atoms with E-state index in [2.05, 4.69) is 24.7 Å². The lowest BCUT2D eigenvalue weighted by Gasteiger charge is -2.12. The van der Waals surface area contributed by atoms with Gasteiger partial charge in [-0.25, -0.2) is 36.7 Å². The van der Waals surface area contributed by atoms with Crippen molar-refractivity contribution >= 4 is 88.2 Å². The molecule has 4 rings (SSSR count). The minimum atomic E-state index is -3.81. The molecule has 2 amide bonds. The highest BCUT2D eigenvalue weighted by atomic mass is 35.5. The van der Waals surface area contributed by atoms with Crippen LogP contribution in [0.4, 0.5) is 15.1 Å². The quantitative estimate of drug-likeness (QED) is 0.143. The molecule has 2 aromatic carbocycles. The number of alkyl carbamates (subject to hydrolysis) is 1. The number of nitrogens with one attached hydrogen (secondary N) is 3. The molecule has 0 aliphatic heterocycles. The van der Waals surface area contributed by atoms with Gasteiger partial charge in [-0.15, -0.1) is 22.7 Å². The molecular formula is C29H34Cl2N6O8S4. The van der Waals surface area contributed by atoms with Gasteiger partial charge in [-0.05, 0) is 56.2 Å². The van der Waals surface area contributed by atoms with E-state index < -0.39 is 26.1 Å². The van der Waals surface area contributed by atoms with Crippen molar-refractivity contribution in [1.82, 2.24) is 20.3 Å². The van der Waals surface area contributed by atoms with Gasteiger partial charge in [0.1, 0.15) is 0 Å². The smallest absolute Gasteiger partial charge is 0.407 e. The van der Waals surface area contributed by atoms with Crippen LogP contribution < -0.4 is 14.8 Å². The lowest BCUT2D eigenvalue weighted by Crippen LogP contribution is -2.26. The van der Waals surface area contributed by atoms with Crippen molar-refractivity contribution in [2.24, 2.45) is 0 Å². The van der Waals surface area contributed by atoms with Gasteiger partial charge in [0, 0.05) is 52.2 Å². The maximum atomic E-state index is 12.5. The molecule has 0 atom stereocenters. The molecular weight excluding hydrogens is 760 g/mol. The number of likely N-dealkylation sites (N-methyl/N-ethyl adjacent to an activating group) is 1. The predicted octanol–water partition coefficient (Wildman–Crippen LogP) is 5.66. The fourth-order valence-electron chi connectivity index (χ4n) is 3.81. The number of aromatic nitrogens is 2. The van der Waals surface area contributed by atoms with Gasteiger partial charge in [0.15, 0.2) is 10.3 Å². The third-order valence-electron chi connectivity index (χ3n) is 6.42. The highest BCUT2D eigenvalue weighted by Gasteiger charge is 2.21. The Morgan fingerprint density at radius 2 is 1.35 bits per heavy atom. The van der Waals surface area contributed by atoms with Crippen molar-refractivity contribution in [3.8, 4) is 0 Å². The summed E-state index contributed by atoms with van der Waals surface area (Å²) in [6, 6.07) is 9.35. The first-order chi connectivity index (χ1) is 23.1. The van der Waals surface area contributed by atoms with Crippen molar-refractivity contribution in [3.63, 3.8) is 0 Å². The first kappa shape index (κ1) is 39.9. The zero-order valence-corrected chi connectivity index (χ0v) is 31.7. The number of hydrogen-bond acceptors (Lipinski definition) is 12. The number of rotatable bonds is 13. The van der Waals surface area contributed by atoms with Crippen LogP contribution in [0.1, 0.15) is 27.8 Å². The molecule has 2 heterocycles. The largest absolute Gasteiger partial charge is 0.449 e. The van der Waals surface area contributed by atoms with Gasteiger partial charge < -0.3 is 10.1 Å². The Balaban J connectivity index is 0.000000266. The van der Waals surface area contributed by atoms with Crippen LogP contribution in [0.25, 0.3) is 0 Å². The van der Waals surface area contributed by atoms with Gasteiger partial charge in [0.2, 0.25) is 0 Å². The third kappa shape index (κ3) is 11.5. The Hall–Kier alpha value is -3.52. The lowest BCUT2D eigenvalue weighted by atomic mass is 10.2. The second kappa shape index (κ2) is 17.9. The van der Waals surface area contributed by atoms with Gasteiger partial charge in [0.25, 0.3) is 26.0 Å². The summed E-state index contributed by atoms with van der Waals surface area (Å²) in [6.45, 7) is 5.75. The number of carbonyl (C=O) groups is 2. The molecule has 14 nitrogen and oxygen atoms in total. The molecule has 0 saturated carbocycles. The van der Waals surface area contributed by atoms with E-state index in [1.165, 1.54) is 43.8 Å². The van der Waals surface area contributed by atoms with Crippen molar-refractivity contribution in [2.45, 2.75) is 43.4 Å². The zero-order chi connectivity index (χ0) is 36.4. The van der Waals surface area contributed by atoms with Crippen LogP contribution in [0, 0.1) is 13.8 Å². The third-order valence-corrected chi connectivity index (χ3v) is 12.3. The summed E-state index contributed by atoms with van der Waals surface area (Å²) in [6.07, 6.45) is 3.04. The number of benzene rings is 2. The van der Waals surface area contributed by atoms with E-state index in [1.807, 2.05) is 0 Å². The Morgan fingerprint density at radius 3 is 1.84 bits per heavy atom. The zero-order valence-electron chi connectivity index (χ0n) is 26.9. The maximum absolute atomic E-state index is 12.5. The summed E-state index contributed by atoms with van der Waals surface area (Å²) >= 11 is 14.2. The van der Waals surface area contributed by atoms with Crippen LogP contribution in [0.15, 0.2) is 58.6 Å². The number of anilines is 2. The average molecular weight is 794 g/mol. The standard InChI is InChI=1S/C15H18ClN3O4S2.C14H16ClN3O4S2/c1-3-17-15(20)23-8-7-11-9-18-14(24-11)19-25(21,22)13-6-4-5-12(16)10(13)2;1-9-11(15)5-4-6-12(9)24(20,21)17-14-16-8-10(23-14)7-13(19)18(2)22-3/h4-6,9H,3,7-8H2,1-2H3,(H,17,20)(H,18,19);4-6,8H,7H2,1-3H3,(H,16,17). The fourth-order valence-corrected chi connectivity index (χ4v) is 8.88. The Labute approximate surface area is 302 Å². The van der Waals surface area contributed by atoms with Crippen molar-refractivity contribution in [2.75, 3.05) is 36.8 Å². The fraction of sp³-hybridized carbons (Fsp3) is 0.310. The van der Waals surface area contributed by atoms with E-state index in [-0.39, 0.29) is 39.0 Å². The first-order valence-corrected chi connectivity index (χ1v) is 19.6. The number of carbonyl (C=O) groups excluding carboxylic acids is 2. The molecule has 2 aromatic heterocycles. The van der Waals surface area contributed by atoms with Crippen LogP contribution >= 0.6 is 45.9 Å². The van der Waals surface area contributed by atoms with E-state index >= 15 is 0 Å². The molecule has 49 heavy (non-hydrogen) atoms. The van der Waals surface area contributed by atoms with E-state index in [1.54, 1.807) is 51.2 Å². The van der Waals surface area contributed by atoms with Gasteiger partial charge in [-0.3, -0.25) is 19.1 Å². The molecule has 0 aliphatic rings. The Kier molecular flexibility index (Phi) is 14.6. The molecule has 3 N–H and O–H groups in total. The summed E-state index contributed by atoms with van der Waals surface area (Å²) in [5.74, 6) is -0.263. The van der Waals surface area contributed by atoms with Gasteiger partial charge in [0.05, 0.1) is 29.9 Å². The van der Waals surface area contributed by atoms with Gasteiger partial charge in [-0.2, -0.15) is 0 Å². The molecule has 0 fully saturated rings.